The van der Waals surface area contributed by atoms with E-state index < -0.39 is 0 Å². The Morgan fingerprint density at radius 2 is 1.68 bits per heavy atom. The van der Waals surface area contributed by atoms with Crippen molar-refractivity contribution >= 4 is 34.8 Å². The molecular weight excluding hydrogens is 376 g/mol. The lowest BCUT2D eigenvalue weighted by molar-refractivity contribution is 0.0944. The molecule has 0 aliphatic rings. The molecule has 0 saturated carbocycles. The van der Waals surface area contributed by atoms with Crippen LogP contribution in [0.1, 0.15) is 39.2 Å². The van der Waals surface area contributed by atoms with Gasteiger partial charge in [0.2, 0.25) is 0 Å². The summed E-state index contributed by atoms with van der Waals surface area (Å²) in [4.78, 5) is 32.4. The molecule has 0 atom stereocenters. The second-order valence-electron chi connectivity index (χ2n) is 6.25. The van der Waals surface area contributed by atoms with Gasteiger partial charge in [-0.05, 0) is 55.8 Å². The minimum absolute atomic E-state index is 0.00377. The van der Waals surface area contributed by atoms with E-state index in [1.807, 2.05) is 12.1 Å². The first kappa shape index (κ1) is 19.5. The van der Waals surface area contributed by atoms with E-state index in [4.69, 9.17) is 11.6 Å². The van der Waals surface area contributed by atoms with Crippen LogP contribution in [0.4, 0.5) is 11.5 Å². The molecule has 0 bridgehead atoms. The molecule has 0 aliphatic heterocycles. The van der Waals surface area contributed by atoms with Gasteiger partial charge in [0.05, 0.1) is 0 Å². The highest BCUT2D eigenvalue weighted by molar-refractivity contribution is 6.30. The lowest BCUT2D eigenvalue weighted by Gasteiger charge is -2.10. The van der Waals surface area contributed by atoms with Crippen LogP contribution < -0.4 is 10.6 Å². The number of benzene rings is 2. The first-order valence-electron chi connectivity index (χ1n) is 8.67. The smallest absolute Gasteiger partial charge is 0.270 e. The molecule has 3 rings (SSSR count). The summed E-state index contributed by atoms with van der Waals surface area (Å²) >= 11 is 5.87. The van der Waals surface area contributed by atoms with Crippen molar-refractivity contribution in [1.29, 1.82) is 0 Å². The van der Waals surface area contributed by atoms with Crippen molar-refractivity contribution in [2.45, 2.75) is 20.4 Å². The lowest BCUT2D eigenvalue weighted by atomic mass is 10.1. The Labute approximate surface area is 168 Å². The maximum absolute atomic E-state index is 12.5. The Balaban J connectivity index is 1.70. The maximum Gasteiger partial charge on any atom is 0.270 e. The Morgan fingerprint density at radius 1 is 1.00 bits per heavy atom. The van der Waals surface area contributed by atoms with E-state index in [-0.39, 0.29) is 17.4 Å². The minimum atomic E-state index is -0.296. The maximum atomic E-state index is 12.5. The molecule has 0 radical (unpaired) electrons. The van der Waals surface area contributed by atoms with Crippen LogP contribution in [0.2, 0.25) is 5.02 Å². The average Bonchev–Trinajstić information content (AvgIpc) is 2.67. The highest BCUT2D eigenvalue weighted by atomic mass is 35.5. The van der Waals surface area contributed by atoms with E-state index in [2.05, 4.69) is 20.6 Å². The molecule has 1 aromatic heterocycles. The Kier molecular flexibility index (Phi) is 6.01. The van der Waals surface area contributed by atoms with Crippen LogP contribution in [0.5, 0.6) is 0 Å². The third-order valence-electron chi connectivity index (χ3n) is 4.00. The number of ketones is 1. The number of halogens is 1. The summed E-state index contributed by atoms with van der Waals surface area (Å²) < 4.78 is 0. The number of nitrogens with zero attached hydrogens (tertiary/aromatic N) is 2. The molecule has 28 heavy (non-hydrogen) atoms. The van der Waals surface area contributed by atoms with Gasteiger partial charge >= 0.3 is 0 Å². The number of carbonyl (C=O) groups is 2. The average molecular weight is 395 g/mol. The summed E-state index contributed by atoms with van der Waals surface area (Å²) in [6.07, 6.45) is 0. The predicted octanol–water partition coefficient (Wildman–Crippen LogP) is 4.31. The van der Waals surface area contributed by atoms with Gasteiger partial charge in [-0.25, -0.2) is 9.97 Å². The van der Waals surface area contributed by atoms with Crippen molar-refractivity contribution in [2.24, 2.45) is 0 Å². The fraction of sp³-hybridized carbons (Fsp3) is 0.143. The topological polar surface area (TPSA) is 84.0 Å². The summed E-state index contributed by atoms with van der Waals surface area (Å²) in [5.41, 5.74) is 2.60. The first-order valence-corrected chi connectivity index (χ1v) is 9.05. The second-order valence-corrected chi connectivity index (χ2v) is 6.69. The molecular formula is C21H19ClN4O2. The summed E-state index contributed by atoms with van der Waals surface area (Å²) in [6.45, 7) is 3.61. The lowest BCUT2D eigenvalue weighted by Crippen LogP contribution is -2.24. The number of amides is 1. The number of Topliss-reactive ketones (excluding diaryl/α,β-unsaturated/α-hetero) is 1. The van der Waals surface area contributed by atoms with Gasteiger partial charge in [0.1, 0.15) is 17.3 Å². The molecule has 6 nitrogen and oxygen atoms in total. The van der Waals surface area contributed by atoms with Gasteiger partial charge in [-0.3, -0.25) is 9.59 Å². The number of rotatable bonds is 6. The van der Waals surface area contributed by atoms with Gasteiger partial charge in [-0.1, -0.05) is 23.7 Å². The number of hydrogen-bond donors (Lipinski definition) is 2. The Morgan fingerprint density at radius 3 is 2.32 bits per heavy atom. The molecule has 0 unspecified atom stereocenters. The normalized spacial score (nSPS) is 10.4. The number of aromatic nitrogens is 2. The third-order valence-corrected chi connectivity index (χ3v) is 4.25. The van der Waals surface area contributed by atoms with E-state index in [9.17, 15) is 9.59 Å². The van der Waals surface area contributed by atoms with Gasteiger partial charge < -0.3 is 10.6 Å². The van der Waals surface area contributed by atoms with Crippen LogP contribution in [-0.4, -0.2) is 21.7 Å². The van der Waals surface area contributed by atoms with Gasteiger partial charge in [0.25, 0.3) is 5.91 Å². The second kappa shape index (κ2) is 8.63. The molecule has 3 aromatic rings. The van der Waals surface area contributed by atoms with Crippen LogP contribution in [0.25, 0.3) is 0 Å². The number of anilines is 2. The fourth-order valence-corrected chi connectivity index (χ4v) is 2.69. The Hall–Kier alpha value is -3.25. The summed E-state index contributed by atoms with van der Waals surface area (Å²) in [5, 5.41) is 6.61. The van der Waals surface area contributed by atoms with Gasteiger partial charge in [0.15, 0.2) is 5.78 Å². The molecule has 1 amide bonds. The summed E-state index contributed by atoms with van der Waals surface area (Å²) in [5.74, 6) is 0.682. The van der Waals surface area contributed by atoms with Crippen LogP contribution in [0.15, 0.2) is 54.6 Å². The zero-order chi connectivity index (χ0) is 20.1. The van der Waals surface area contributed by atoms with Crippen molar-refractivity contribution in [3.63, 3.8) is 0 Å². The highest BCUT2D eigenvalue weighted by Gasteiger charge is 2.11. The quantitative estimate of drug-likeness (QED) is 0.608. The van der Waals surface area contributed by atoms with Crippen molar-refractivity contribution in [2.75, 3.05) is 5.32 Å². The number of hydrogen-bond acceptors (Lipinski definition) is 5. The van der Waals surface area contributed by atoms with Crippen LogP contribution in [0, 0.1) is 6.92 Å². The molecule has 1 heterocycles. The molecule has 0 fully saturated rings. The predicted molar refractivity (Wildman–Crippen MR) is 109 cm³/mol. The molecule has 0 spiro atoms. The van der Waals surface area contributed by atoms with Crippen molar-refractivity contribution in [3.05, 3.63) is 82.3 Å². The summed E-state index contributed by atoms with van der Waals surface area (Å²) in [7, 11) is 0. The Bertz CT molecular complexity index is 1000. The van der Waals surface area contributed by atoms with Crippen LogP contribution >= 0.6 is 11.6 Å². The van der Waals surface area contributed by atoms with E-state index in [0.29, 0.717) is 28.8 Å². The first-order chi connectivity index (χ1) is 13.4. The molecule has 2 N–H and O–H groups in total. The van der Waals surface area contributed by atoms with E-state index in [1.54, 1.807) is 49.4 Å². The van der Waals surface area contributed by atoms with Gasteiger partial charge in [0, 0.05) is 28.9 Å². The molecule has 142 valence electrons. The number of nitrogens with one attached hydrogen (secondary N) is 2. The van der Waals surface area contributed by atoms with Crippen LogP contribution in [0.3, 0.4) is 0 Å². The highest BCUT2D eigenvalue weighted by Crippen LogP contribution is 2.17. The van der Waals surface area contributed by atoms with E-state index >= 15 is 0 Å². The van der Waals surface area contributed by atoms with Gasteiger partial charge in [-0.15, -0.1) is 0 Å². The zero-order valence-corrected chi connectivity index (χ0v) is 16.2. The largest absolute Gasteiger partial charge is 0.347 e. The minimum Gasteiger partial charge on any atom is -0.347 e. The number of aryl methyl sites for hydroxylation is 1. The van der Waals surface area contributed by atoms with Crippen molar-refractivity contribution < 1.29 is 9.59 Å². The van der Waals surface area contributed by atoms with Gasteiger partial charge in [-0.2, -0.15) is 0 Å². The standard InChI is InChI=1S/C21H19ClN4O2/c1-13(27)16-5-9-18(10-6-16)26-20-11-19(24-14(2)25-20)21(28)23-12-15-3-7-17(22)8-4-15/h3-11H,12H2,1-2H3,(H,23,28)(H,24,25,26). The van der Waals surface area contributed by atoms with E-state index in [0.717, 1.165) is 11.3 Å². The summed E-state index contributed by atoms with van der Waals surface area (Å²) in [6, 6.07) is 15.9. The van der Waals surface area contributed by atoms with Crippen LogP contribution in [-0.2, 0) is 6.54 Å². The molecule has 2 aromatic carbocycles. The zero-order valence-electron chi connectivity index (χ0n) is 15.5. The molecule has 0 saturated heterocycles. The van der Waals surface area contributed by atoms with Crippen molar-refractivity contribution in [1.82, 2.24) is 15.3 Å². The molecule has 0 aliphatic carbocycles. The van der Waals surface area contributed by atoms with Crippen molar-refractivity contribution in [3.8, 4) is 0 Å². The molecule has 7 heteroatoms. The monoisotopic (exact) mass is 394 g/mol. The SMILES string of the molecule is CC(=O)c1ccc(Nc2cc(C(=O)NCc3ccc(Cl)cc3)nc(C)n2)cc1. The third kappa shape index (κ3) is 5.14. The number of carbonyl (C=O) groups excluding carboxylic acids is 2. The fourth-order valence-electron chi connectivity index (χ4n) is 2.56. The van der Waals surface area contributed by atoms with E-state index in [1.165, 1.54) is 6.92 Å².